The van der Waals surface area contributed by atoms with Gasteiger partial charge in [0, 0.05) is 6.92 Å². The molecule has 0 aliphatic rings. The van der Waals surface area contributed by atoms with E-state index in [1.165, 1.54) is 6.92 Å². The maximum atomic E-state index is 9.97. The highest BCUT2D eigenvalue weighted by molar-refractivity contribution is 6.17. The fraction of sp³-hybridized carbons (Fsp3) is 0.667. The average Bonchev–Trinajstić information content (AvgIpc) is 1.61. The van der Waals surface area contributed by atoms with Gasteiger partial charge in [0.2, 0.25) is 5.91 Å². The summed E-state index contributed by atoms with van der Waals surface area (Å²) in [7, 11) is 0. The maximum absolute atomic E-state index is 9.97. The van der Waals surface area contributed by atoms with Gasteiger partial charge in [-0.1, -0.05) is 0 Å². The Balaban J connectivity index is 2.82. The van der Waals surface area contributed by atoms with E-state index in [1.807, 2.05) is 0 Å². The molecule has 3 nitrogen and oxygen atoms in total. The second-order valence-corrected chi connectivity index (χ2v) is 1.26. The summed E-state index contributed by atoms with van der Waals surface area (Å²) in [5, 5.41) is 0. The molecule has 0 aliphatic heterocycles. The summed E-state index contributed by atoms with van der Waals surface area (Å²) in [6, 6.07) is 0.236. The van der Waals surface area contributed by atoms with E-state index in [1.54, 1.807) is 0 Å². The van der Waals surface area contributed by atoms with Crippen LogP contribution in [0.2, 0.25) is 0 Å². The zero-order valence-electron chi connectivity index (χ0n) is 3.99. The number of halogens is 1. The fourth-order valence-electron chi connectivity index (χ4n) is 0.158. The van der Waals surface area contributed by atoms with Crippen LogP contribution in [-0.2, 0) is 4.79 Å². The van der Waals surface area contributed by atoms with Crippen LogP contribution in [0.3, 0.4) is 0 Å². The molecule has 0 saturated carbocycles. The number of carbonyl (C=O) groups is 1. The van der Waals surface area contributed by atoms with Crippen molar-refractivity contribution in [2.75, 3.05) is 6.00 Å². The molecule has 42 valence electrons. The topological polar surface area (TPSA) is 41.1 Å². The van der Waals surface area contributed by atoms with Gasteiger partial charge in [0.05, 0.1) is 6.00 Å². The van der Waals surface area contributed by atoms with Gasteiger partial charge < -0.3 is 0 Å². The molecule has 0 fully saturated rings. The van der Waals surface area contributed by atoms with E-state index in [9.17, 15) is 4.79 Å². The molecule has 0 radical (unpaired) electrons. The van der Waals surface area contributed by atoms with E-state index in [0.717, 1.165) is 0 Å². The fourth-order valence-corrected chi connectivity index (χ4v) is 0.225. The summed E-state index contributed by atoms with van der Waals surface area (Å²) in [5.41, 5.74) is 4.69. The van der Waals surface area contributed by atoms with E-state index in [4.69, 9.17) is 11.6 Å². The Morgan fingerprint density at radius 1 is 1.86 bits per heavy atom. The first kappa shape index (κ1) is 6.72. The average molecular weight is 123 g/mol. The molecule has 0 unspecified atom stereocenters. The van der Waals surface area contributed by atoms with E-state index in [0.29, 0.717) is 0 Å². The van der Waals surface area contributed by atoms with E-state index in [2.05, 4.69) is 10.9 Å². The van der Waals surface area contributed by atoms with Gasteiger partial charge in [-0.05, 0) is 0 Å². The molecule has 0 aromatic heterocycles. The molecule has 0 spiro atoms. The highest BCUT2D eigenvalue weighted by Gasteiger charge is 1.82. The zero-order valence-corrected chi connectivity index (χ0v) is 4.75. The number of carbonyl (C=O) groups excluding carboxylic acids is 1. The Morgan fingerprint density at radius 2 is 2.43 bits per heavy atom. The predicted molar refractivity (Wildman–Crippen MR) is 27.7 cm³/mol. The van der Waals surface area contributed by atoms with Crippen molar-refractivity contribution < 1.29 is 4.79 Å². The minimum absolute atomic E-state index is 0.138. The van der Waals surface area contributed by atoms with Crippen molar-refractivity contribution >= 4 is 17.5 Å². The molecule has 0 heterocycles. The summed E-state index contributed by atoms with van der Waals surface area (Å²) in [4.78, 5) is 9.97. The Hall–Kier alpha value is -0.280. The summed E-state index contributed by atoms with van der Waals surface area (Å²) >= 11 is 5.12. The van der Waals surface area contributed by atoms with Crippen LogP contribution in [0.25, 0.3) is 0 Å². The molecule has 2 N–H and O–H groups in total. The van der Waals surface area contributed by atoms with Gasteiger partial charge in [0.25, 0.3) is 0 Å². The smallest absolute Gasteiger partial charge is 0.230 e. The van der Waals surface area contributed by atoms with Crippen LogP contribution in [-0.4, -0.2) is 11.9 Å². The van der Waals surface area contributed by atoms with Gasteiger partial charge in [-0.15, -0.1) is 11.6 Å². The third kappa shape index (κ3) is 5.72. The molecule has 0 saturated heterocycles. The van der Waals surface area contributed by atoms with Gasteiger partial charge >= 0.3 is 0 Å². The second kappa shape index (κ2) is 3.89. The van der Waals surface area contributed by atoms with Crippen LogP contribution in [0, 0.1) is 0 Å². The summed E-state index contributed by atoms with van der Waals surface area (Å²) in [5.74, 6) is -0.138. The Morgan fingerprint density at radius 3 is 2.57 bits per heavy atom. The van der Waals surface area contributed by atoms with Crippen molar-refractivity contribution in [2.45, 2.75) is 6.92 Å². The van der Waals surface area contributed by atoms with Gasteiger partial charge in [-0.25, -0.2) is 5.43 Å². The summed E-state index contributed by atoms with van der Waals surface area (Å²) in [6.07, 6.45) is 0. The largest absolute Gasteiger partial charge is 0.291 e. The first-order valence-corrected chi connectivity index (χ1v) is 2.36. The van der Waals surface area contributed by atoms with E-state index < -0.39 is 0 Å². The molecular weight excluding hydrogens is 115 g/mol. The number of rotatable bonds is 2. The molecule has 1 amide bonds. The van der Waals surface area contributed by atoms with Crippen LogP contribution >= 0.6 is 11.6 Å². The van der Waals surface area contributed by atoms with Gasteiger partial charge in [-0.2, -0.15) is 0 Å². The molecule has 0 aromatic carbocycles. The standard InChI is InChI=1S/C3H7ClN2O/c1-3(7)6-5-2-4/h5H,2H2,1H3,(H,6,7). The lowest BCUT2D eigenvalue weighted by molar-refractivity contribution is -0.119. The lowest BCUT2D eigenvalue weighted by Gasteiger charge is -1.95. The molecule has 7 heavy (non-hydrogen) atoms. The quantitative estimate of drug-likeness (QED) is 0.303. The third-order valence-corrected chi connectivity index (χ3v) is 0.465. The van der Waals surface area contributed by atoms with Crippen molar-refractivity contribution in [3.8, 4) is 0 Å². The highest BCUT2D eigenvalue weighted by Crippen LogP contribution is 1.60. The van der Waals surface area contributed by atoms with Crippen LogP contribution < -0.4 is 10.9 Å². The molecule has 0 aromatic rings. The predicted octanol–water partition coefficient (Wildman–Crippen LogP) is -0.177. The van der Waals surface area contributed by atoms with Crippen molar-refractivity contribution in [1.29, 1.82) is 0 Å². The Kier molecular flexibility index (Phi) is 3.74. The van der Waals surface area contributed by atoms with Crippen LogP contribution in [0.1, 0.15) is 6.92 Å². The van der Waals surface area contributed by atoms with Crippen molar-refractivity contribution in [2.24, 2.45) is 0 Å². The lowest BCUT2D eigenvalue weighted by Crippen LogP contribution is -2.34. The number of amides is 1. The van der Waals surface area contributed by atoms with E-state index >= 15 is 0 Å². The van der Waals surface area contributed by atoms with E-state index in [-0.39, 0.29) is 11.9 Å². The zero-order chi connectivity index (χ0) is 5.70. The molecule has 0 aliphatic carbocycles. The highest BCUT2D eigenvalue weighted by atomic mass is 35.5. The number of alkyl halides is 1. The third-order valence-electron chi connectivity index (χ3n) is 0.331. The van der Waals surface area contributed by atoms with Crippen molar-refractivity contribution in [3.05, 3.63) is 0 Å². The minimum atomic E-state index is -0.138. The molecule has 0 atom stereocenters. The van der Waals surface area contributed by atoms with Gasteiger partial charge in [0.1, 0.15) is 0 Å². The number of hydrogen-bond acceptors (Lipinski definition) is 2. The molecule has 0 bridgehead atoms. The summed E-state index contributed by atoms with van der Waals surface area (Å²) in [6.45, 7) is 1.40. The molecular formula is C3H7ClN2O. The molecule has 4 heteroatoms. The van der Waals surface area contributed by atoms with Crippen molar-refractivity contribution in [3.63, 3.8) is 0 Å². The summed E-state index contributed by atoms with van der Waals surface area (Å²) < 4.78 is 0. The second-order valence-electron chi connectivity index (χ2n) is 0.992. The first-order valence-electron chi connectivity index (χ1n) is 1.82. The molecule has 0 rings (SSSR count). The van der Waals surface area contributed by atoms with Crippen LogP contribution in [0.4, 0.5) is 0 Å². The first-order chi connectivity index (χ1) is 3.27. The Labute approximate surface area is 47.0 Å². The Bertz CT molecular complexity index is 66.0. The maximum Gasteiger partial charge on any atom is 0.230 e. The lowest BCUT2D eigenvalue weighted by atomic mass is 10.8. The van der Waals surface area contributed by atoms with Crippen LogP contribution in [0.15, 0.2) is 0 Å². The van der Waals surface area contributed by atoms with Crippen molar-refractivity contribution in [1.82, 2.24) is 10.9 Å². The monoisotopic (exact) mass is 122 g/mol. The minimum Gasteiger partial charge on any atom is -0.291 e. The van der Waals surface area contributed by atoms with Crippen LogP contribution in [0.5, 0.6) is 0 Å². The normalized spacial score (nSPS) is 8.29. The SMILES string of the molecule is CC(=O)NNCCl. The number of hydrazine groups is 1. The van der Waals surface area contributed by atoms with Gasteiger partial charge in [0.15, 0.2) is 0 Å². The number of hydrogen-bond donors (Lipinski definition) is 2. The number of nitrogens with one attached hydrogen (secondary N) is 2. The van der Waals surface area contributed by atoms with Gasteiger partial charge in [-0.3, -0.25) is 10.2 Å².